The second-order valence-electron chi connectivity index (χ2n) is 7.84. The first-order valence-corrected chi connectivity index (χ1v) is 10.3. The number of hydrogen-bond donors (Lipinski definition) is 1. The van der Waals surface area contributed by atoms with Gasteiger partial charge in [0.15, 0.2) is 0 Å². The maximum absolute atomic E-state index is 5.85. The maximum atomic E-state index is 5.85. The highest BCUT2D eigenvalue weighted by atomic mass is 16.5. The molecule has 1 aliphatic heterocycles. The fourth-order valence-electron chi connectivity index (χ4n) is 4.10. The number of aromatic amines is 1. The molecule has 0 unspecified atom stereocenters. The molecule has 0 bridgehead atoms. The molecule has 4 aromatic rings. The van der Waals surface area contributed by atoms with Crippen LogP contribution in [-0.2, 0) is 4.74 Å². The number of rotatable bonds is 4. The van der Waals surface area contributed by atoms with E-state index >= 15 is 0 Å². The average Bonchev–Trinajstić information content (AvgIpc) is 3.22. The van der Waals surface area contributed by atoms with Crippen molar-refractivity contribution in [2.45, 2.75) is 26.1 Å². The molecule has 3 aromatic heterocycles. The van der Waals surface area contributed by atoms with E-state index in [0.29, 0.717) is 5.88 Å². The van der Waals surface area contributed by atoms with Crippen molar-refractivity contribution in [1.82, 2.24) is 25.1 Å². The predicted octanol–water partition coefficient (Wildman–Crippen LogP) is 3.70. The molecule has 31 heavy (non-hydrogen) atoms. The molecule has 158 valence electrons. The van der Waals surface area contributed by atoms with Crippen molar-refractivity contribution in [3.63, 3.8) is 0 Å². The third-order valence-electron chi connectivity index (χ3n) is 5.48. The van der Waals surface area contributed by atoms with Gasteiger partial charge in [0.05, 0.1) is 30.5 Å². The molecule has 4 heterocycles. The SMILES string of the molecule is COc1cc(-c2ccc3[nH]nc(-c4cc(N5C[C@@H](C)O[C@@H](C)C5)ncn4)c3c2)ccn1. The van der Waals surface area contributed by atoms with Gasteiger partial charge in [-0.2, -0.15) is 5.10 Å². The van der Waals surface area contributed by atoms with Crippen LogP contribution >= 0.6 is 0 Å². The first kappa shape index (κ1) is 19.4. The van der Waals surface area contributed by atoms with Crippen molar-refractivity contribution in [3.8, 4) is 28.4 Å². The number of methoxy groups -OCH3 is 1. The molecule has 1 fully saturated rings. The predicted molar refractivity (Wildman–Crippen MR) is 119 cm³/mol. The summed E-state index contributed by atoms with van der Waals surface area (Å²) < 4.78 is 11.1. The number of nitrogens with zero attached hydrogens (tertiary/aromatic N) is 5. The van der Waals surface area contributed by atoms with Crippen LogP contribution in [0.3, 0.4) is 0 Å². The summed E-state index contributed by atoms with van der Waals surface area (Å²) in [7, 11) is 1.62. The number of aromatic nitrogens is 5. The largest absolute Gasteiger partial charge is 0.481 e. The minimum absolute atomic E-state index is 0.160. The Labute approximate surface area is 180 Å². The van der Waals surface area contributed by atoms with Crippen LogP contribution in [-0.4, -0.2) is 57.6 Å². The number of ether oxygens (including phenoxy) is 2. The van der Waals surface area contributed by atoms with E-state index in [0.717, 1.165) is 52.3 Å². The van der Waals surface area contributed by atoms with Crippen LogP contribution in [0.25, 0.3) is 33.4 Å². The molecule has 8 heteroatoms. The fourth-order valence-corrected chi connectivity index (χ4v) is 4.10. The number of H-pyrrole nitrogens is 1. The summed E-state index contributed by atoms with van der Waals surface area (Å²) in [6.07, 6.45) is 3.67. The van der Waals surface area contributed by atoms with E-state index in [1.54, 1.807) is 19.6 Å². The molecule has 1 aromatic carbocycles. The number of pyridine rings is 1. The first-order valence-electron chi connectivity index (χ1n) is 10.3. The zero-order chi connectivity index (χ0) is 21.4. The molecule has 0 saturated carbocycles. The maximum Gasteiger partial charge on any atom is 0.213 e. The molecule has 1 N–H and O–H groups in total. The van der Waals surface area contributed by atoms with E-state index in [1.807, 2.05) is 24.3 Å². The minimum atomic E-state index is 0.160. The van der Waals surface area contributed by atoms with Crippen molar-refractivity contribution in [2.75, 3.05) is 25.1 Å². The van der Waals surface area contributed by atoms with Gasteiger partial charge in [-0.25, -0.2) is 15.0 Å². The van der Waals surface area contributed by atoms with Gasteiger partial charge in [-0.15, -0.1) is 0 Å². The van der Waals surface area contributed by atoms with Gasteiger partial charge in [0.1, 0.15) is 17.8 Å². The van der Waals surface area contributed by atoms with Crippen molar-refractivity contribution in [1.29, 1.82) is 0 Å². The van der Waals surface area contributed by atoms with Gasteiger partial charge in [0.25, 0.3) is 0 Å². The monoisotopic (exact) mass is 416 g/mol. The number of hydrogen-bond acceptors (Lipinski definition) is 7. The molecular formula is C23H24N6O2. The van der Waals surface area contributed by atoms with Crippen LogP contribution in [0.15, 0.2) is 48.9 Å². The van der Waals surface area contributed by atoms with Crippen molar-refractivity contribution >= 4 is 16.7 Å². The zero-order valence-corrected chi connectivity index (χ0v) is 17.7. The van der Waals surface area contributed by atoms with Gasteiger partial charge in [-0.05, 0) is 43.2 Å². The summed E-state index contributed by atoms with van der Waals surface area (Å²) >= 11 is 0. The summed E-state index contributed by atoms with van der Waals surface area (Å²) in [6, 6.07) is 12.1. The van der Waals surface area contributed by atoms with Crippen LogP contribution < -0.4 is 9.64 Å². The van der Waals surface area contributed by atoms with Crippen LogP contribution in [0.5, 0.6) is 5.88 Å². The van der Waals surface area contributed by atoms with Gasteiger partial charge >= 0.3 is 0 Å². The molecule has 1 aliphatic rings. The quantitative estimate of drug-likeness (QED) is 0.542. The molecule has 2 atom stereocenters. The van der Waals surface area contributed by atoms with Gasteiger partial charge in [-0.3, -0.25) is 5.10 Å². The number of morpholine rings is 1. The average molecular weight is 416 g/mol. The second-order valence-corrected chi connectivity index (χ2v) is 7.84. The molecule has 0 aliphatic carbocycles. The van der Waals surface area contributed by atoms with Crippen LogP contribution in [0.4, 0.5) is 5.82 Å². The van der Waals surface area contributed by atoms with E-state index in [1.165, 1.54) is 0 Å². The third-order valence-corrected chi connectivity index (χ3v) is 5.48. The zero-order valence-electron chi connectivity index (χ0n) is 17.7. The summed E-state index contributed by atoms with van der Waals surface area (Å²) in [5, 5.41) is 8.68. The molecule has 1 saturated heterocycles. The highest BCUT2D eigenvalue weighted by Gasteiger charge is 2.24. The second kappa shape index (κ2) is 7.96. The molecule has 0 radical (unpaired) electrons. The van der Waals surface area contributed by atoms with Gasteiger partial charge in [0, 0.05) is 36.8 Å². The van der Waals surface area contributed by atoms with Crippen LogP contribution in [0.2, 0.25) is 0 Å². The van der Waals surface area contributed by atoms with E-state index in [9.17, 15) is 0 Å². The Hall–Kier alpha value is -3.52. The number of fused-ring (bicyclic) bond motifs is 1. The summed E-state index contributed by atoms with van der Waals surface area (Å²) in [6.45, 7) is 5.77. The van der Waals surface area contributed by atoms with Gasteiger partial charge in [-0.1, -0.05) is 6.07 Å². The molecule has 8 nitrogen and oxygen atoms in total. The minimum Gasteiger partial charge on any atom is -0.481 e. The number of nitrogens with one attached hydrogen (secondary N) is 1. The summed E-state index contributed by atoms with van der Waals surface area (Å²) in [4.78, 5) is 15.5. The standard InChI is InChI=1S/C23H24N6O2/c1-14-11-29(12-15(2)31-14)21-10-20(25-13-26-21)23-18-8-16(4-5-19(18)27-28-23)17-6-7-24-22(9-17)30-3/h4-10,13-15H,11-12H2,1-3H3,(H,27,28)/t14-,15+. The topological polar surface area (TPSA) is 89.0 Å². The Balaban J connectivity index is 1.53. The smallest absolute Gasteiger partial charge is 0.213 e. The third kappa shape index (κ3) is 3.82. The van der Waals surface area contributed by atoms with Crippen molar-refractivity contribution in [3.05, 3.63) is 48.9 Å². The molecule has 5 rings (SSSR count). The Morgan fingerprint density at radius 2 is 1.81 bits per heavy atom. The number of benzene rings is 1. The lowest BCUT2D eigenvalue weighted by atomic mass is 10.0. The Kier molecular flexibility index (Phi) is 4.99. The van der Waals surface area contributed by atoms with Gasteiger partial charge < -0.3 is 14.4 Å². The normalized spacial score (nSPS) is 19.0. The van der Waals surface area contributed by atoms with E-state index in [2.05, 4.69) is 56.0 Å². The van der Waals surface area contributed by atoms with Crippen LogP contribution in [0, 0.1) is 0 Å². The van der Waals surface area contributed by atoms with Crippen LogP contribution in [0.1, 0.15) is 13.8 Å². The molecule has 0 amide bonds. The number of anilines is 1. The van der Waals surface area contributed by atoms with Crippen molar-refractivity contribution in [2.24, 2.45) is 0 Å². The van der Waals surface area contributed by atoms with E-state index in [-0.39, 0.29) is 12.2 Å². The lowest BCUT2D eigenvalue weighted by Crippen LogP contribution is -2.45. The van der Waals surface area contributed by atoms with Gasteiger partial charge in [0.2, 0.25) is 5.88 Å². The lowest BCUT2D eigenvalue weighted by Gasteiger charge is -2.36. The van der Waals surface area contributed by atoms with E-state index < -0.39 is 0 Å². The molecular weight excluding hydrogens is 392 g/mol. The first-order chi connectivity index (χ1) is 15.1. The summed E-state index contributed by atoms with van der Waals surface area (Å²) in [5.74, 6) is 1.47. The Morgan fingerprint density at radius 1 is 1.00 bits per heavy atom. The Bertz CT molecular complexity index is 1210. The van der Waals surface area contributed by atoms with E-state index in [4.69, 9.17) is 9.47 Å². The van der Waals surface area contributed by atoms with Crippen molar-refractivity contribution < 1.29 is 9.47 Å². The Morgan fingerprint density at radius 3 is 2.61 bits per heavy atom. The lowest BCUT2D eigenvalue weighted by molar-refractivity contribution is -0.00546. The summed E-state index contributed by atoms with van der Waals surface area (Å²) in [5.41, 5.74) is 4.62. The highest BCUT2D eigenvalue weighted by molar-refractivity contribution is 5.95. The fraction of sp³-hybridized carbons (Fsp3) is 0.304. The molecule has 0 spiro atoms. The highest BCUT2D eigenvalue weighted by Crippen LogP contribution is 2.31.